The van der Waals surface area contributed by atoms with Gasteiger partial charge in [-0.15, -0.1) is 0 Å². The number of aromatic nitrogens is 1. The SMILES string of the molecule is O=C(c1cc(F)cc(F)c1)N1CCC2(CCCCc3ccccc3OCCN(Cc3cccnc3)C2)CC1. The summed E-state index contributed by atoms with van der Waals surface area (Å²) in [6, 6.07) is 15.4. The molecule has 7 heteroatoms. The molecule has 0 atom stereocenters. The van der Waals surface area contributed by atoms with E-state index in [2.05, 4.69) is 34.1 Å². The van der Waals surface area contributed by atoms with Gasteiger partial charge in [0.25, 0.3) is 5.91 Å². The monoisotopic (exact) mass is 519 g/mol. The number of para-hydroxylation sites is 1. The third-order valence-corrected chi connectivity index (χ3v) is 7.95. The Hall–Kier alpha value is -3.32. The Morgan fingerprint density at radius 3 is 2.50 bits per heavy atom. The molecule has 0 aliphatic carbocycles. The van der Waals surface area contributed by atoms with Crippen molar-refractivity contribution in [1.82, 2.24) is 14.8 Å². The van der Waals surface area contributed by atoms with Gasteiger partial charge in [-0.1, -0.05) is 30.7 Å². The molecule has 1 aromatic heterocycles. The van der Waals surface area contributed by atoms with Gasteiger partial charge in [-0.2, -0.15) is 0 Å². The second-order valence-electron chi connectivity index (χ2n) is 10.7. The number of rotatable bonds is 3. The Kier molecular flexibility index (Phi) is 8.32. The summed E-state index contributed by atoms with van der Waals surface area (Å²) < 4.78 is 33.7. The van der Waals surface area contributed by atoms with Crippen LogP contribution in [0.4, 0.5) is 8.78 Å². The maximum absolute atomic E-state index is 13.7. The van der Waals surface area contributed by atoms with E-state index in [1.807, 2.05) is 18.3 Å². The van der Waals surface area contributed by atoms with E-state index in [1.54, 1.807) is 11.1 Å². The Morgan fingerprint density at radius 1 is 0.947 bits per heavy atom. The smallest absolute Gasteiger partial charge is 0.254 e. The number of fused-ring (bicyclic) bond motifs is 1. The number of carbonyl (C=O) groups is 1. The quantitative estimate of drug-likeness (QED) is 0.433. The highest BCUT2D eigenvalue weighted by Gasteiger charge is 2.37. The third kappa shape index (κ3) is 6.57. The fourth-order valence-corrected chi connectivity index (χ4v) is 5.92. The maximum Gasteiger partial charge on any atom is 0.254 e. The van der Waals surface area contributed by atoms with E-state index in [9.17, 15) is 13.6 Å². The second-order valence-corrected chi connectivity index (χ2v) is 10.7. The van der Waals surface area contributed by atoms with Gasteiger partial charge in [-0.3, -0.25) is 14.7 Å². The minimum Gasteiger partial charge on any atom is -0.492 e. The van der Waals surface area contributed by atoms with Gasteiger partial charge >= 0.3 is 0 Å². The number of halogens is 2. The average Bonchev–Trinajstić information content (AvgIpc) is 2.91. The van der Waals surface area contributed by atoms with Crippen LogP contribution in [0.5, 0.6) is 5.75 Å². The fourth-order valence-electron chi connectivity index (χ4n) is 5.92. The van der Waals surface area contributed by atoms with E-state index in [0.717, 1.165) is 87.7 Å². The van der Waals surface area contributed by atoms with Gasteiger partial charge in [0.05, 0.1) is 0 Å². The molecular formula is C31H35F2N3O2. The molecule has 0 saturated carbocycles. The van der Waals surface area contributed by atoms with Crippen molar-refractivity contribution in [1.29, 1.82) is 0 Å². The molecule has 0 radical (unpaired) electrons. The number of nitrogens with zero attached hydrogens (tertiary/aromatic N) is 3. The molecule has 1 amide bonds. The van der Waals surface area contributed by atoms with Crippen molar-refractivity contribution in [2.45, 2.75) is 45.1 Å². The number of pyridine rings is 1. The predicted molar refractivity (Wildman–Crippen MR) is 143 cm³/mol. The van der Waals surface area contributed by atoms with Gasteiger partial charge in [-0.25, -0.2) is 8.78 Å². The van der Waals surface area contributed by atoms with Crippen molar-refractivity contribution < 1.29 is 18.3 Å². The molecule has 38 heavy (non-hydrogen) atoms. The van der Waals surface area contributed by atoms with Crippen LogP contribution in [-0.4, -0.2) is 53.5 Å². The molecule has 5 nitrogen and oxygen atoms in total. The van der Waals surface area contributed by atoms with Crippen molar-refractivity contribution >= 4 is 5.91 Å². The summed E-state index contributed by atoms with van der Waals surface area (Å²) in [7, 11) is 0. The van der Waals surface area contributed by atoms with Crippen LogP contribution in [-0.2, 0) is 13.0 Å². The van der Waals surface area contributed by atoms with E-state index < -0.39 is 11.6 Å². The van der Waals surface area contributed by atoms with Crippen molar-refractivity contribution in [3.05, 3.63) is 95.3 Å². The van der Waals surface area contributed by atoms with Crippen molar-refractivity contribution in [3.63, 3.8) is 0 Å². The maximum atomic E-state index is 13.7. The van der Waals surface area contributed by atoms with E-state index in [1.165, 1.54) is 5.56 Å². The molecule has 0 bridgehead atoms. The number of aryl methyl sites for hydroxylation is 1. The van der Waals surface area contributed by atoms with Crippen LogP contribution in [0.15, 0.2) is 67.0 Å². The molecule has 1 fully saturated rings. The molecule has 2 aromatic carbocycles. The van der Waals surface area contributed by atoms with Gasteiger partial charge in [-0.05, 0) is 72.9 Å². The lowest BCUT2D eigenvalue weighted by atomic mass is 9.73. The summed E-state index contributed by atoms with van der Waals surface area (Å²) in [5, 5.41) is 0. The minimum atomic E-state index is -0.726. The van der Waals surface area contributed by atoms with Crippen LogP contribution in [0, 0.1) is 17.0 Å². The Balaban J connectivity index is 1.33. The predicted octanol–water partition coefficient (Wildman–Crippen LogP) is 5.89. The van der Waals surface area contributed by atoms with Gasteiger partial charge < -0.3 is 9.64 Å². The average molecular weight is 520 g/mol. The molecule has 3 aromatic rings. The van der Waals surface area contributed by atoms with Gasteiger partial charge in [0.1, 0.15) is 24.0 Å². The van der Waals surface area contributed by atoms with Gasteiger partial charge in [0.15, 0.2) is 0 Å². The summed E-state index contributed by atoms with van der Waals surface area (Å²) in [6.45, 7) is 4.24. The summed E-state index contributed by atoms with van der Waals surface area (Å²) in [4.78, 5) is 21.6. The highest BCUT2D eigenvalue weighted by atomic mass is 19.1. The molecule has 5 rings (SSSR count). The topological polar surface area (TPSA) is 45.7 Å². The van der Waals surface area contributed by atoms with Gasteiger partial charge in [0, 0.05) is 56.7 Å². The lowest BCUT2D eigenvalue weighted by Crippen LogP contribution is -2.48. The third-order valence-electron chi connectivity index (χ3n) is 7.95. The van der Waals surface area contributed by atoms with Crippen LogP contribution in [0.1, 0.15) is 53.6 Å². The highest BCUT2D eigenvalue weighted by molar-refractivity contribution is 5.94. The van der Waals surface area contributed by atoms with Crippen molar-refractivity contribution in [2.24, 2.45) is 5.41 Å². The van der Waals surface area contributed by atoms with Crippen LogP contribution >= 0.6 is 0 Å². The standard InChI is InChI=1S/C31H35F2N3O2/c32-27-18-26(19-28(33)20-27)30(37)36-14-11-31(12-15-36)10-4-3-8-25-7-1-2-9-29(25)38-17-16-35(23-31)22-24-6-5-13-34-21-24/h1-2,5-7,9,13,18-21H,3-4,8,10-12,14-17,22-23H2. The number of ether oxygens (including phenoxy) is 1. The zero-order valence-corrected chi connectivity index (χ0v) is 21.8. The van der Waals surface area contributed by atoms with E-state index in [0.29, 0.717) is 19.7 Å². The van der Waals surface area contributed by atoms with Crippen LogP contribution in [0.25, 0.3) is 0 Å². The number of benzene rings is 2. The first-order valence-electron chi connectivity index (χ1n) is 13.6. The zero-order valence-electron chi connectivity index (χ0n) is 21.8. The number of hydrogen-bond acceptors (Lipinski definition) is 4. The van der Waals surface area contributed by atoms with Crippen LogP contribution < -0.4 is 4.74 Å². The molecule has 200 valence electrons. The zero-order chi connectivity index (χ0) is 26.4. The number of carbonyl (C=O) groups excluding carboxylic acids is 1. The van der Waals surface area contributed by atoms with Crippen molar-refractivity contribution in [3.8, 4) is 5.75 Å². The van der Waals surface area contributed by atoms with E-state index in [4.69, 9.17) is 4.74 Å². The summed E-state index contributed by atoms with van der Waals surface area (Å²) in [5.74, 6) is -0.777. The molecule has 3 heterocycles. The van der Waals surface area contributed by atoms with E-state index in [-0.39, 0.29) is 16.9 Å². The molecular weight excluding hydrogens is 484 g/mol. The lowest BCUT2D eigenvalue weighted by molar-refractivity contribution is 0.0360. The normalized spacial score (nSPS) is 18.6. The molecule has 0 unspecified atom stereocenters. The molecule has 0 N–H and O–H groups in total. The molecule has 1 saturated heterocycles. The Bertz CT molecular complexity index is 1210. The number of hydrogen-bond donors (Lipinski definition) is 0. The summed E-state index contributed by atoms with van der Waals surface area (Å²) in [6.07, 6.45) is 9.66. The molecule has 2 aliphatic rings. The highest BCUT2D eigenvalue weighted by Crippen LogP contribution is 2.39. The number of amides is 1. The number of likely N-dealkylation sites (tertiary alicyclic amines) is 1. The fraction of sp³-hybridized carbons (Fsp3) is 0.419. The Morgan fingerprint density at radius 2 is 1.74 bits per heavy atom. The summed E-state index contributed by atoms with van der Waals surface area (Å²) in [5.41, 5.74) is 2.55. The minimum absolute atomic E-state index is 0.0604. The molecule has 1 spiro atoms. The first-order chi connectivity index (χ1) is 18.5. The van der Waals surface area contributed by atoms with Crippen LogP contribution in [0.3, 0.4) is 0 Å². The largest absolute Gasteiger partial charge is 0.492 e. The number of piperidine rings is 1. The first-order valence-corrected chi connectivity index (χ1v) is 13.6. The lowest BCUT2D eigenvalue weighted by Gasteiger charge is -2.45. The van der Waals surface area contributed by atoms with E-state index >= 15 is 0 Å². The van der Waals surface area contributed by atoms with Crippen LogP contribution in [0.2, 0.25) is 0 Å². The van der Waals surface area contributed by atoms with Crippen molar-refractivity contribution in [2.75, 3.05) is 32.8 Å². The summed E-state index contributed by atoms with van der Waals surface area (Å²) >= 11 is 0. The molecule has 2 aliphatic heterocycles. The second kappa shape index (κ2) is 12.0. The van der Waals surface area contributed by atoms with Gasteiger partial charge in [0.2, 0.25) is 0 Å². The first kappa shape index (κ1) is 26.3. The Labute approximate surface area is 223 Å².